The van der Waals surface area contributed by atoms with Crippen molar-refractivity contribution in [1.82, 2.24) is 4.90 Å². The van der Waals surface area contributed by atoms with Crippen LogP contribution in [0, 0.1) is 5.92 Å². The summed E-state index contributed by atoms with van der Waals surface area (Å²) < 4.78 is 15.9. The van der Waals surface area contributed by atoms with Gasteiger partial charge in [-0.25, -0.2) is 0 Å². The summed E-state index contributed by atoms with van der Waals surface area (Å²) in [5.74, 6) is 0.745. The first-order chi connectivity index (χ1) is 8.74. The molecule has 0 unspecified atom stereocenters. The van der Waals surface area contributed by atoms with Gasteiger partial charge in [0.15, 0.2) is 0 Å². The van der Waals surface area contributed by atoms with Gasteiger partial charge in [-0.15, -0.1) is 0 Å². The van der Waals surface area contributed by atoms with E-state index >= 15 is 0 Å². The molecule has 0 aromatic carbocycles. The van der Waals surface area contributed by atoms with Crippen molar-refractivity contribution in [2.24, 2.45) is 5.92 Å². The van der Waals surface area contributed by atoms with Gasteiger partial charge in [0, 0.05) is 20.8 Å². The molecule has 5 nitrogen and oxygen atoms in total. The van der Waals surface area contributed by atoms with Crippen LogP contribution in [0.15, 0.2) is 0 Å². The van der Waals surface area contributed by atoms with Gasteiger partial charge in [0.2, 0.25) is 5.91 Å². The van der Waals surface area contributed by atoms with Crippen molar-refractivity contribution in [3.05, 3.63) is 0 Å². The molecule has 104 valence electrons. The molecule has 1 aliphatic carbocycles. The first-order valence-electron chi connectivity index (χ1n) is 6.63. The third kappa shape index (κ3) is 3.67. The fourth-order valence-corrected chi connectivity index (χ4v) is 2.38. The van der Waals surface area contributed by atoms with Crippen LogP contribution >= 0.6 is 0 Å². The zero-order chi connectivity index (χ0) is 13.0. The number of likely N-dealkylation sites (tertiary alicyclic amines) is 1. The van der Waals surface area contributed by atoms with Gasteiger partial charge >= 0.3 is 0 Å². The molecule has 1 saturated carbocycles. The van der Waals surface area contributed by atoms with Crippen molar-refractivity contribution in [3.63, 3.8) is 0 Å². The van der Waals surface area contributed by atoms with E-state index in [0.29, 0.717) is 19.1 Å². The molecule has 1 amide bonds. The average Bonchev–Trinajstić information content (AvgIpc) is 3.09. The Morgan fingerprint density at radius 2 is 2.06 bits per heavy atom. The van der Waals surface area contributed by atoms with Gasteiger partial charge in [-0.05, 0) is 25.2 Å². The van der Waals surface area contributed by atoms with E-state index in [2.05, 4.69) is 0 Å². The highest BCUT2D eigenvalue weighted by atomic mass is 16.5. The predicted octanol–water partition coefficient (Wildman–Crippen LogP) is 0.675. The minimum atomic E-state index is 0.0530. The second kappa shape index (κ2) is 6.50. The molecule has 2 aliphatic rings. The standard InChI is InChI=1S/C13H23NO4/c1-16-8-11-5-12(17-2)6-14(11)13(15)9-18-7-10-3-4-10/h10-12H,3-9H2,1-2H3/t11-,12+/m0/s1. The van der Waals surface area contributed by atoms with Gasteiger partial charge in [-0.2, -0.15) is 0 Å². The van der Waals surface area contributed by atoms with Gasteiger partial charge in [0.1, 0.15) is 6.61 Å². The zero-order valence-corrected chi connectivity index (χ0v) is 11.3. The third-order valence-electron chi connectivity index (χ3n) is 3.66. The maximum absolute atomic E-state index is 12.1. The van der Waals surface area contributed by atoms with Crippen molar-refractivity contribution in [2.75, 3.05) is 40.6 Å². The Kier molecular flexibility index (Phi) is 4.97. The van der Waals surface area contributed by atoms with Gasteiger partial charge < -0.3 is 19.1 Å². The number of hydrogen-bond acceptors (Lipinski definition) is 4. The normalized spacial score (nSPS) is 27.8. The van der Waals surface area contributed by atoms with Crippen LogP contribution in [-0.4, -0.2) is 63.5 Å². The molecule has 0 N–H and O–H groups in total. The summed E-state index contributed by atoms with van der Waals surface area (Å²) in [6.45, 7) is 2.12. The third-order valence-corrected chi connectivity index (χ3v) is 3.66. The average molecular weight is 257 g/mol. The van der Waals surface area contributed by atoms with Crippen molar-refractivity contribution in [1.29, 1.82) is 0 Å². The topological polar surface area (TPSA) is 48.0 Å². The van der Waals surface area contributed by atoms with Crippen molar-refractivity contribution in [3.8, 4) is 0 Å². The van der Waals surface area contributed by atoms with Crippen LogP contribution in [0.25, 0.3) is 0 Å². The molecule has 2 fully saturated rings. The van der Waals surface area contributed by atoms with E-state index in [1.54, 1.807) is 14.2 Å². The summed E-state index contributed by atoms with van der Waals surface area (Å²) in [5, 5.41) is 0. The van der Waals surface area contributed by atoms with Gasteiger partial charge in [0.05, 0.1) is 25.4 Å². The molecule has 1 saturated heterocycles. The molecule has 1 heterocycles. The Morgan fingerprint density at radius 1 is 1.28 bits per heavy atom. The molecule has 0 radical (unpaired) electrons. The van der Waals surface area contributed by atoms with Gasteiger partial charge in [-0.3, -0.25) is 4.79 Å². The number of amides is 1. The number of carbonyl (C=O) groups excluding carboxylic acids is 1. The number of nitrogens with zero attached hydrogens (tertiary/aromatic N) is 1. The van der Waals surface area contributed by atoms with E-state index in [1.807, 2.05) is 4.90 Å². The van der Waals surface area contributed by atoms with E-state index in [1.165, 1.54) is 12.8 Å². The molecular weight excluding hydrogens is 234 g/mol. The Morgan fingerprint density at radius 3 is 2.67 bits per heavy atom. The lowest BCUT2D eigenvalue weighted by Gasteiger charge is -2.23. The van der Waals surface area contributed by atoms with Crippen LogP contribution < -0.4 is 0 Å². The number of hydrogen-bond donors (Lipinski definition) is 0. The number of ether oxygens (including phenoxy) is 3. The molecule has 1 aliphatic heterocycles. The van der Waals surface area contributed by atoms with Crippen LogP contribution in [0.5, 0.6) is 0 Å². The van der Waals surface area contributed by atoms with Crippen molar-refractivity contribution in [2.45, 2.75) is 31.4 Å². The summed E-state index contributed by atoms with van der Waals surface area (Å²) in [6, 6.07) is 0.122. The lowest BCUT2D eigenvalue weighted by atomic mass is 10.2. The summed E-state index contributed by atoms with van der Waals surface area (Å²) in [4.78, 5) is 13.9. The first-order valence-corrected chi connectivity index (χ1v) is 6.63. The van der Waals surface area contributed by atoms with E-state index in [0.717, 1.165) is 13.0 Å². The van der Waals surface area contributed by atoms with Crippen LogP contribution in [-0.2, 0) is 19.0 Å². The Balaban J connectivity index is 1.77. The molecule has 2 rings (SSSR count). The second-order valence-electron chi connectivity index (χ2n) is 5.21. The Labute approximate surface area is 108 Å². The number of carbonyl (C=O) groups is 1. The highest BCUT2D eigenvalue weighted by Crippen LogP contribution is 2.28. The largest absolute Gasteiger partial charge is 0.383 e. The fraction of sp³-hybridized carbons (Fsp3) is 0.923. The van der Waals surface area contributed by atoms with Crippen molar-refractivity contribution < 1.29 is 19.0 Å². The van der Waals surface area contributed by atoms with Crippen LogP contribution in [0.1, 0.15) is 19.3 Å². The molecular formula is C13H23NO4. The SMILES string of the molecule is COC[C@@H]1C[C@@H](OC)CN1C(=O)COCC1CC1. The minimum absolute atomic E-state index is 0.0530. The smallest absolute Gasteiger partial charge is 0.248 e. The Bertz CT molecular complexity index is 280. The molecule has 0 aromatic heterocycles. The highest BCUT2D eigenvalue weighted by Gasteiger charge is 2.35. The molecule has 0 spiro atoms. The van der Waals surface area contributed by atoms with E-state index in [4.69, 9.17) is 14.2 Å². The van der Waals surface area contributed by atoms with Gasteiger partial charge in [0.25, 0.3) is 0 Å². The van der Waals surface area contributed by atoms with Crippen LogP contribution in [0.2, 0.25) is 0 Å². The lowest BCUT2D eigenvalue weighted by molar-refractivity contribution is -0.138. The summed E-state index contributed by atoms with van der Waals surface area (Å²) in [6.07, 6.45) is 3.46. The van der Waals surface area contributed by atoms with Crippen LogP contribution in [0.4, 0.5) is 0 Å². The maximum atomic E-state index is 12.1. The summed E-state index contributed by atoms with van der Waals surface area (Å²) >= 11 is 0. The fourth-order valence-electron chi connectivity index (χ4n) is 2.38. The van der Waals surface area contributed by atoms with E-state index in [9.17, 15) is 4.79 Å². The quantitative estimate of drug-likeness (QED) is 0.673. The summed E-state index contributed by atoms with van der Waals surface area (Å²) in [5.41, 5.74) is 0. The predicted molar refractivity (Wildman–Crippen MR) is 66.3 cm³/mol. The monoisotopic (exact) mass is 257 g/mol. The highest BCUT2D eigenvalue weighted by molar-refractivity contribution is 5.78. The second-order valence-corrected chi connectivity index (χ2v) is 5.21. The molecule has 5 heteroatoms. The molecule has 18 heavy (non-hydrogen) atoms. The molecule has 0 bridgehead atoms. The zero-order valence-electron chi connectivity index (χ0n) is 11.3. The Hall–Kier alpha value is -0.650. The van der Waals surface area contributed by atoms with Crippen LogP contribution in [0.3, 0.4) is 0 Å². The van der Waals surface area contributed by atoms with Gasteiger partial charge in [-0.1, -0.05) is 0 Å². The number of methoxy groups -OCH3 is 2. The summed E-state index contributed by atoms with van der Waals surface area (Å²) in [7, 11) is 3.35. The molecule has 2 atom stereocenters. The van der Waals surface area contributed by atoms with Crippen molar-refractivity contribution >= 4 is 5.91 Å². The van der Waals surface area contributed by atoms with E-state index in [-0.39, 0.29) is 24.7 Å². The first kappa shape index (κ1) is 13.8. The minimum Gasteiger partial charge on any atom is -0.383 e. The maximum Gasteiger partial charge on any atom is 0.248 e. The number of rotatable bonds is 7. The lowest BCUT2D eigenvalue weighted by Crippen LogP contribution is -2.40. The molecule has 0 aromatic rings. The van der Waals surface area contributed by atoms with E-state index < -0.39 is 0 Å².